The highest BCUT2D eigenvalue weighted by atomic mass is 32.2. The smallest absolute Gasteiger partial charge is 0.234 e. The molecule has 1 N–H and O–H groups in total. The Kier molecular flexibility index (Phi) is 6.70. The van der Waals surface area contributed by atoms with Crippen molar-refractivity contribution in [2.75, 3.05) is 24.8 Å². The van der Waals surface area contributed by atoms with Crippen LogP contribution in [0.2, 0.25) is 0 Å². The standard InChI is InChI=1S/C25H23N5O4S/c1-32-17-10-8-16(9-11-17)24-28-29-25(30(24)14-18-5-4-12-33-18)35-15-22(31)27-23-19-6-2-3-7-20(19)34-21(23)13-26/h2-3,6-11,18H,4-5,12,14-15H2,1H3,(H,27,31). The third-order valence-corrected chi connectivity index (χ3v) is 6.74. The minimum Gasteiger partial charge on any atom is -0.497 e. The first-order valence-corrected chi connectivity index (χ1v) is 12.2. The number of hydrogen-bond acceptors (Lipinski definition) is 8. The van der Waals surface area contributed by atoms with E-state index in [1.54, 1.807) is 13.2 Å². The number of anilines is 1. The van der Waals surface area contributed by atoms with Crippen LogP contribution in [0.3, 0.4) is 0 Å². The van der Waals surface area contributed by atoms with Gasteiger partial charge in [0.15, 0.2) is 11.0 Å². The molecule has 1 unspecified atom stereocenters. The zero-order chi connectivity index (χ0) is 24.2. The number of carbonyl (C=O) groups excluding carboxylic acids is 1. The Morgan fingerprint density at radius 2 is 2.09 bits per heavy atom. The van der Waals surface area contributed by atoms with Gasteiger partial charge in [0.2, 0.25) is 11.7 Å². The van der Waals surface area contributed by atoms with Crippen LogP contribution in [-0.2, 0) is 16.1 Å². The van der Waals surface area contributed by atoms with Crippen molar-refractivity contribution >= 4 is 34.3 Å². The van der Waals surface area contributed by atoms with E-state index in [2.05, 4.69) is 15.5 Å². The summed E-state index contributed by atoms with van der Waals surface area (Å²) in [4.78, 5) is 12.8. The number of ether oxygens (including phenoxy) is 2. The van der Waals surface area contributed by atoms with Crippen molar-refractivity contribution in [1.29, 1.82) is 5.26 Å². The normalized spacial score (nSPS) is 15.3. The number of amides is 1. The van der Waals surface area contributed by atoms with Crippen molar-refractivity contribution < 1.29 is 18.7 Å². The molecule has 4 aromatic rings. The summed E-state index contributed by atoms with van der Waals surface area (Å²) < 4.78 is 18.7. The first-order chi connectivity index (χ1) is 17.2. The van der Waals surface area contributed by atoms with E-state index in [0.717, 1.165) is 30.8 Å². The van der Waals surface area contributed by atoms with Crippen LogP contribution >= 0.6 is 11.8 Å². The summed E-state index contributed by atoms with van der Waals surface area (Å²) in [6, 6.07) is 16.8. The number of aromatic nitrogens is 3. The number of fused-ring (bicyclic) bond motifs is 1. The summed E-state index contributed by atoms with van der Waals surface area (Å²) in [5.41, 5.74) is 1.83. The molecule has 1 aliphatic rings. The molecule has 10 heteroatoms. The van der Waals surface area contributed by atoms with Crippen molar-refractivity contribution in [1.82, 2.24) is 14.8 Å². The third-order valence-electron chi connectivity index (χ3n) is 5.77. The van der Waals surface area contributed by atoms with Crippen LogP contribution in [0.5, 0.6) is 5.75 Å². The van der Waals surface area contributed by atoms with Crippen LogP contribution in [-0.4, -0.2) is 46.2 Å². The average Bonchev–Trinajstić information content (AvgIpc) is 3.63. The fourth-order valence-corrected chi connectivity index (χ4v) is 4.81. The van der Waals surface area contributed by atoms with Crippen LogP contribution in [0.1, 0.15) is 18.6 Å². The number of para-hydroxylation sites is 1. The minimum atomic E-state index is -0.268. The molecule has 1 saturated heterocycles. The molecule has 0 spiro atoms. The Balaban J connectivity index is 1.35. The fourth-order valence-electron chi connectivity index (χ4n) is 4.06. The Hall–Kier alpha value is -3.81. The van der Waals surface area contributed by atoms with Crippen molar-refractivity contribution in [2.24, 2.45) is 0 Å². The number of furan rings is 1. The minimum absolute atomic E-state index is 0.0756. The predicted octanol–water partition coefficient (Wildman–Crippen LogP) is 4.48. The van der Waals surface area contributed by atoms with Crippen LogP contribution in [0.25, 0.3) is 22.4 Å². The molecule has 2 aromatic carbocycles. The van der Waals surface area contributed by atoms with Gasteiger partial charge in [-0.3, -0.25) is 9.36 Å². The van der Waals surface area contributed by atoms with Gasteiger partial charge in [-0.05, 0) is 49.2 Å². The van der Waals surface area contributed by atoms with Gasteiger partial charge in [0.25, 0.3) is 0 Å². The van der Waals surface area contributed by atoms with Crippen molar-refractivity contribution in [2.45, 2.75) is 30.6 Å². The number of rotatable bonds is 8. The Labute approximate surface area is 206 Å². The third kappa shape index (κ3) is 4.87. The molecule has 5 rings (SSSR count). The summed E-state index contributed by atoms with van der Waals surface area (Å²) >= 11 is 1.29. The molecule has 1 atom stereocenters. The lowest BCUT2D eigenvalue weighted by Gasteiger charge is -2.15. The van der Waals surface area contributed by atoms with Crippen molar-refractivity contribution in [3.63, 3.8) is 0 Å². The van der Waals surface area contributed by atoms with E-state index in [-0.39, 0.29) is 23.5 Å². The molecule has 1 fully saturated rings. The van der Waals surface area contributed by atoms with Crippen molar-refractivity contribution in [3.8, 4) is 23.2 Å². The number of nitrogens with one attached hydrogen (secondary N) is 1. The number of thioether (sulfide) groups is 1. The maximum atomic E-state index is 12.8. The molecular formula is C25H23N5O4S. The summed E-state index contributed by atoms with van der Waals surface area (Å²) in [6.07, 6.45) is 2.07. The highest BCUT2D eigenvalue weighted by Crippen LogP contribution is 2.31. The lowest BCUT2D eigenvalue weighted by molar-refractivity contribution is -0.113. The zero-order valence-electron chi connectivity index (χ0n) is 19.1. The van der Waals surface area contributed by atoms with E-state index in [1.165, 1.54) is 11.8 Å². The maximum Gasteiger partial charge on any atom is 0.234 e. The number of methoxy groups -OCH3 is 1. The highest BCUT2D eigenvalue weighted by Gasteiger charge is 2.23. The second-order valence-corrected chi connectivity index (χ2v) is 8.97. The highest BCUT2D eigenvalue weighted by molar-refractivity contribution is 7.99. The second-order valence-electron chi connectivity index (χ2n) is 8.03. The van der Waals surface area contributed by atoms with Gasteiger partial charge in [-0.25, -0.2) is 0 Å². The van der Waals surface area contributed by atoms with Gasteiger partial charge in [-0.1, -0.05) is 23.9 Å². The van der Waals surface area contributed by atoms with Gasteiger partial charge in [0, 0.05) is 17.6 Å². The number of hydrogen-bond donors (Lipinski definition) is 1. The monoisotopic (exact) mass is 489 g/mol. The number of nitrogens with zero attached hydrogens (tertiary/aromatic N) is 4. The molecule has 0 saturated carbocycles. The number of benzene rings is 2. The molecule has 2 aromatic heterocycles. The van der Waals surface area contributed by atoms with Crippen LogP contribution in [0.4, 0.5) is 5.69 Å². The number of carbonyl (C=O) groups is 1. The first-order valence-electron chi connectivity index (χ1n) is 11.2. The molecular weight excluding hydrogens is 466 g/mol. The molecule has 3 heterocycles. The van der Waals surface area contributed by atoms with Crippen LogP contribution in [0.15, 0.2) is 58.1 Å². The maximum absolute atomic E-state index is 12.8. The van der Waals surface area contributed by atoms with Gasteiger partial charge < -0.3 is 19.2 Å². The topological polar surface area (TPSA) is 115 Å². The SMILES string of the molecule is COc1ccc(-c2nnc(SCC(=O)Nc3c(C#N)oc4ccccc34)n2CC2CCCO2)cc1. The van der Waals surface area contributed by atoms with E-state index in [0.29, 0.717) is 34.2 Å². The predicted molar refractivity (Wildman–Crippen MR) is 131 cm³/mol. The van der Waals surface area contributed by atoms with E-state index >= 15 is 0 Å². The van der Waals surface area contributed by atoms with Crippen LogP contribution < -0.4 is 10.1 Å². The van der Waals surface area contributed by atoms with Gasteiger partial charge in [0.05, 0.1) is 25.5 Å². The largest absolute Gasteiger partial charge is 0.497 e. The summed E-state index contributed by atoms with van der Waals surface area (Å²) in [7, 11) is 1.63. The molecule has 35 heavy (non-hydrogen) atoms. The van der Waals surface area contributed by atoms with E-state index in [1.807, 2.05) is 53.1 Å². The molecule has 1 amide bonds. The van der Waals surface area contributed by atoms with E-state index in [9.17, 15) is 10.1 Å². The second kappa shape index (κ2) is 10.2. The quantitative estimate of drug-likeness (QED) is 0.360. The molecule has 0 bridgehead atoms. The Morgan fingerprint density at radius 1 is 1.26 bits per heavy atom. The van der Waals surface area contributed by atoms with E-state index in [4.69, 9.17) is 13.9 Å². The number of nitriles is 1. The summed E-state index contributed by atoms with van der Waals surface area (Å²) in [5.74, 6) is 1.37. The molecule has 0 radical (unpaired) electrons. The first kappa shape index (κ1) is 23.0. The lowest BCUT2D eigenvalue weighted by Crippen LogP contribution is -2.18. The fraction of sp³-hybridized carbons (Fsp3) is 0.280. The Morgan fingerprint density at radius 3 is 2.83 bits per heavy atom. The lowest BCUT2D eigenvalue weighted by atomic mass is 10.2. The molecule has 1 aliphatic heterocycles. The van der Waals surface area contributed by atoms with Crippen LogP contribution in [0, 0.1) is 11.3 Å². The Bertz CT molecular complexity index is 1380. The van der Waals surface area contributed by atoms with Gasteiger partial charge in [-0.2, -0.15) is 5.26 Å². The van der Waals surface area contributed by atoms with Gasteiger partial charge >= 0.3 is 0 Å². The summed E-state index contributed by atoms with van der Waals surface area (Å²) in [6.45, 7) is 1.35. The zero-order valence-corrected chi connectivity index (χ0v) is 19.9. The summed E-state index contributed by atoms with van der Waals surface area (Å²) in [5, 5.41) is 22.3. The van der Waals surface area contributed by atoms with Gasteiger partial charge in [0.1, 0.15) is 23.1 Å². The van der Waals surface area contributed by atoms with E-state index < -0.39 is 0 Å². The van der Waals surface area contributed by atoms with Crippen molar-refractivity contribution in [3.05, 3.63) is 54.3 Å². The average molecular weight is 490 g/mol. The molecule has 178 valence electrons. The van der Waals surface area contributed by atoms with Gasteiger partial charge in [-0.15, -0.1) is 10.2 Å². The molecule has 0 aliphatic carbocycles. The molecule has 9 nitrogen and oxygen atoms in total.